The van der Waals surface area contributed by atoms with Gasteiger partial charge in [-0.2, -0.15) is 0 Å². The summed E-state index contributed by atoms with van der Waals surface area (Å²) in [7, 11) is 0. The van der Waals surface area contributed by atoms with Crippen LogP contribution < -0.4 is 14.8 Å². The zero-order valence-corrected chi connectivity index (χ0v) is 16.3. The Morgan fingerprint density at radius 3 is 2.41 bits per heavy atom. The highest BCUT2D eigenvalue weighted by Gasteiger charge is 2.12. The molecular weight excluding hydrogens is 373 g/mol. The third kappa shape index (κ3) is 5.28. The fourth-order valence-corrected chi connectivity index (χ4v) is 2.74. The van der Waals surface area contributed by atoms with Crippen LogP contribution in [0.5, 0.6) is 11.5 Å². The van der Waals surface area contributed by atoms with Crippen molar-refractivity contribution < 1.29 is 18.7 Å². The third-order valence-electron chi connectivity index (χ3n) is 4.10. The van der Waals surface area contributed by atoms with Crippen LogP contribution in [-0.2, 0) is 6.54 Å². The molecule has 0 spiro atoms. The van der Waals surface area contributed by atoms with Crippen molar-refractivity contribution in [1.82, 2.24) is 15.3 Å². The van der Waals surface area contributed by atoms with Gasteiger partial charge in [0.15, 0.2) is 11.5 Å². The van der Waals surface area contributed by atoms with E-state index in [1.165, 1.54) is 18.5 Å². The molecule has 0 unspecified atom stereocenters. The second-order valence-electron chi connectivity index (χ2n) is 6.11. The van der Waals surface area contributed by atoms with Crippen LogP contribution in [-0.4, -0.2) is 29.1 Å². The van der Waals surface area contributed by atoms with Crippen molar-refractivity contribution in [2.24, 2.45) is 0 Å². The van der Waals surface area contributed by atoms with Crippen molar-refractivity contribution >= 4 is 5.91 Å². The van der Waals surface area contributed by atoms with Gasteiger partial charge in [0.25, 0.3) is 5.91 Å². The van der Waals surface area contributed by atoms with Gasteiger partial charge in [-0.1, -0.05) is 0 Å². The number of rotatable bonds is 8. The molecule has 1 amide bonds. The van der Waals surface area contributed by atoms with E-state index in [0.29, 0.717) is 41.7 Å². The van der Waals surface area contributed by atoms with Gasteiger partial charge >= 0.3 is 0 Å². The van der Waals surface area contributed by atoms with E-state index in [2.05, 4.69) is 15.3 Å². The van der Waals surface area contributed by atoms with Gasteiger partial charge in [0.2, 0.25) is 0 Å². The zero-order valence-electron chi connectivity index (χ0n) is 16.3. The topological polar surface area (TPSA) is 73.3 Å². The summed E-state index contributed by atoms with van der Waals surface area (Å²) in [6.07, 6.45) is 1.42. The molecule has 3 rings (SSSR count). The zero-order chi connectivity index (χ0) is 20.6. The highest BCUT2D eigenvalue weighted by molar-refractivity contribution is 5.94. The first-order valence-electron chi connectivity index (χ1n) is 9.35. The van der Waals surface area contributed by atoms with E-state index in [0.717, 1.165) is 5.56 Å². The van der Waals surface area contributed by atoms with Crippen LogP contribution >= 0.6 is 0 Å². The Balaban J connectivity index is 1.70. The summed E-state index contributed by atoms with van der Waals surface area (Å²) >= 11 is 0. The van der Waals surface area contributed by atoms with E-state index in [4.69, 9.17) is 9.47 Å². The minimum Gasteiger partial charge on any atom is -0.490 e. The van der Waals surface area contributed by atoms with E-state index >= 15 is 0 Å². The van der Waals surface area contributed by atoms with E-state index in [-0.39, 0.29) is 18.3 Å². The number of halogens is 1. The molecule has 0 saturated carbocycles. The molecule has 29 heavy (non-hydrogen) atoms. The molecule has 0 atom stereocenters. The first-order valence-corrected chi connectivity index (χ1v) is 9.35. The van der Waals surface area contributed by atoms with Crippen molar-refractivity contribution in [3.05, 3.63) is 71.9 Å². The number of amides is 1. The van der Waals surface area contributed by atoms with Gasteiger partial charge in [-0.25, -0.2) is 14.4 Å². The Bertz CT molecular complexity index is 977. The van der Waals surface area contributed by atoms with Crippen molar-refractivity contribution in [2.75, 3.05) is 13.2 Å². The lowest BCUT2D eigenvalue weighted by Crippen LogP contribution is -2.23. The second-order valence-corrected chi connectivity index (χ2v) is 6.11. The average Bonchev–Trinajstić information content (AvgIpc) is 2.74. The lowest BCUT2D eigenvalue weighted by Gasteiger charge is -2.12. The maximum absolute atomic E-state index is 13.1. The Morgan fingerprint density at radius 2 is 1.69 bits per heavy atom. The molecule has 0 saturated heterocycles. The first-order chi connectivity index (χ1) is 14.1. The monoisotopic (exact) mass is 395 g/mol. The van der Waals surface area contributed by atoms with Crippen LogP contribution in [0.2, 0.25) is 0 Å². The molecule has 2 aromatic carbocycles. The highest BCUT2D eigenvalue weighted by Crippen LogP contribution is 2.28. The van der Waals surface area contributed by atoms with Crippen LogP contribution in [0.3, 0.4) is 0 Å². The molecule has 1 heterocycles. The number of hydrogen-bond donors (Lipinski definition) is 1. The van der Waals surface area contributed by atoms with Crippen molar-refractivity contribution in [1.29, 1.82) is 0 Å². The van der Waals surface area contributed by atoms with Crippen molar-refractivity contribution in [3.8, 4) is 22.8 Å². The smallest absolute Gasteiger partial charge is 0.251 e. The molecule has 0 bridgehead atoms. The Kier molecular flexibility index (Phi) is 6.73. The Hall–Kier alpha value is -3.48. The van der Waals surface area contributed by atoms with Crippen molar-refractivity contribution in [2.45, 2.75) is 20.4 Å². The van der Waals surface area contributed by atoms with E-state index in [1.54, 1.807) is 36.4 Å². The molecule has 7 heteroatoms. The largest absolute Gasteiger partial charge is 0.490 e. The third-order valence-corrected chi connectivity index (χ3v) is 4.10. The number of carbonyl (C=O) groups is 1. The van der Waals surface area contributed by atoms with Gasteiger partial charge in [-0.3, -0.25) is 4.79 Å². The number of nitrogens with one attached hydrogen (secondary N) is 1. The molecule has 0 radical (unpaired) electrons. The fraction of sp³-hybridized carbons (Fsp3) is 0.227. The normalized spacial score (nSPS) is 10.4. The first kappa shape index (κ1) is 20.3. The summed E-state index contributed by atoms with van der Waals surface area (Å²) in [6.45, 7) is 4.97. The average molecular weight is 395 g/mol. The minimum atomic E-state index is -0.308. The van der Waals surface area contributed by atoms with E-state index in [1.807, 2.05) is 13.8 Å². The maximum atomic E-state index is 13.1. The number of nitrogens with zero attached hydrogens (tertiary/aromatic N) is 2. The lowest BCUT2D eigenvalue weighted by atomic mass is 10.1. The standard InChI is InChI=1S/C22H22FN3O3/c1-3-28-20-10-7-16(11-21(20)29-4-2)22(27)24-13-18-12-19(26-14-25-18)15-5-8-17(23)9-6-15/h5-12,14H,3-4,13H2,1-2H3,(H,24,27). The molecule has 3 aromatic rings. The van der Waals surface area contributed by atoms with E-state index in [9.17, 15) is 9.18 Å². The molecule has 6 nitrogen and oxygen atoms in total. The highest BCUT2D eigenvalue weighted by atomic mass is 19.1. The molecule has 0 aliphatic carbocycles. The fourth-order valence-electron chi connectivity index (χ4n) is 2.74. The van der Waals surface area contributed by atoms with Gasteiger partial charge < -0.3 is 14.8 Å². The number of hydrogen-bond acceptors (Lipinski definition) is 5. The molecule has 150 valence electrons. The Labute approximate surface area is 168 Å². The van der Waals surface area contributed by atoms with Gasteiger partial charge in [-0.15, -0.1) is 0 Å². The van der Waals surface area contributed by atoms with Gasteiger partial charge in [-0.05, 0) is 62.4 Å². The Morgan fingerprint density at radius 1 is 0.966 bits per heavy atom. The van der Waals surface area contributed by atoms with Crippen LogP contribution in [0.4, 0.5) is 4.39 Å². The van der Waals surface area contributed by atoms with Crippen LogP contribution in [0.1, 0.15) is 29.9 Å². The maximum Gasteiger partial charge on any atom is 0.251 e. The quantitative estimate of drug-likeness (QED) is 0.624. The predicted molar refractivity (Wildman–Crippen MR) is 107 cm³/mol. The lowest BCUT2D eigenvalue weighted by molar-refractivity contribution is 0.0950. The van der Waals surface area contributed by atoms with Gasteiger partial charge in [0.05, 0.1) is 31.1 Å². The molecule has 0 fully saturated rings. The summed E-state index contributed by atoms with van der Waals surface area (Å²) in [4.78, 5) is 20.9. The summed E-state index contributed by atoms with van der Waals surface area (Å²) < 4.78 is 24.2. The molecule has 1 N–H and O–H groups in total. The van der Waals surface area contributed by atoms with Gasteiger partial charge in [0, 0.05) is 11.1 Å². The second kappa shape index (κ2) is 9.64. The molecular formula is C22H22FN3O3. The number of ether oxygens (including phenoxy) is 2. The molecule has 0 aliphatic rings. The van der Waals surface area contributed by atoms with E-state index < -0.39 is 0 Å². The van der Waals surface area contributed by atoms with Crippen molar-refractivity contribution in [3.63, 3.8) is 0 Å². The summed E-state index contributed by atoms with van der Waals surface area (Å²) in [5, 5.41) is 2.84. The van der Waals surface area contributed by atoms with Gasteiger partial charge in [0.1, 0.15) is 12.1 Å². The predicted octanol–water partition coefficient (Wildman–Crippen LogP) is 4.01. The SMILES string of the molecule is CCOc1ccc(C(=O)NCc2cc(-c3ccc(F)cc3)ncn2)cc1OCC. The van der Waals surface area contributed by atoms with Crippen LogP contribution in [0.25, 0.3) is 11.3 Å². The van der Waals surface area contributed by atoms with Crippen LogP contribution in [0.15, 0.2) is 54.9 Å². The number of carbonyl (C=O) groups excluding carboxylic acids is 1. The summed E-state index contributed by atoms with van der Waals surface area (Å²) in [6, 6.07) is 12.9. The summed E-state index contributed by atoms with van der Waals surface area (Å²) in [5.74, 6) is 0.571. The molecule has 0 aliphatic heterocycles. The summed E-state index contributed by atoms with van der Waals surface area (Å²) in [5.41, 5.74) is 2.53. The van der Waals surface area contributed by atoms with Crippen LogP contribution in [0, 0.1) is 5.82 Å². The number of benzene rings is 2. The number of aromatic nitrogens is 2. The molecule has 1 aromatic heterocycles. The minimum absolute atomic E-state index is 0.229.